The Morgan fingerprint density at radius 1 is 1.36 bits per heavy atom. The van der Waals surface area contributed by atoms with Crippen LogP contribution in [0.15, 0.2) is 36.4 Å². The molecule has 1 saturated heterocycles. The van der Waals surface area contributed by atoms with Crippen LogP contribution in [0, 0.1) is 17.3 Å². The van der Waals surface area contributed by atoms with Gasteiger partial charge < -0.3 is 10.1 Å². The quantitative estimate of drug-likeness (QED) is 0.632. The highest BCUT2D eigenvalue weighted by Gasteiger charge is 2.85. The first-order valence-electron chi connectivity index (χ1n) is 9.49. The molecule has 6 atom stereocenters. The van der Waals surface area contributed by atoms with Crippen LogP contribution in [-0.4, -0.2) is 42.6 Å². The molecular formula is C21H24N2O2. The standard InChI is InChI=1S/C21H24N2O2/c1-13-19-8-5-10-23-11-9-20(18(19)23)14-6-3-4-7-16(14)22-21(13,20)15(12-19)17(24)25-2/h3-8,13,15,18,22H,9-12H2,1-2H3/t13-,15+,18+,19+,20-,21-/m1/s1. The van der Waals surface area contributed by atoms with E-state index in [0.29, 0.717) is 12.0 Å². The summed E-state index contributed by atoms with van der Waals surface area (Å²) in [5.41, 5.74) is 2.53. The van der Waals surface area contributed by atoms with Crippen LogP contribution in [0.4, 0.5) is 5.69 Å². The van der Waals surface area contributed by atoms with Crippen LogP contribution in [0.5, 0.6) is 0 Å². The van der Waals surface area contributed by atoms with Crippen molar-refractivity contribution in [1.82, 2.24) is 4.90 Å². The Bertz CT molecular complexity index is 835. The van der Waals surface area contributed by atoms with E-state index in [9.17, 15) is 4.79 Å². The van der Waals surface area contributed by atoms with Gasteiger partial charge in [-0.25, -0.2) is 0 Å². The van der Waals surface area contributed by atoms with Gasteiger partial charge in [0.2, 0.25) is 0 Å². The molecule has 0 radical (unpaired) electrons. The lowest BCUT2D eigenvalue weighted by atomic mass is 9.57. The normalized spacial score (nSPS) is 48.0. The first-order valence-corrected chi connectivity index (χ1v) is 9.49. The van der Waals surface area contributed by atoms with Gasteiger partial charge in [0, 0.05) is 29.1 Å². The second-order valence-corrected chi connectivity index (χ2v) is 8.67. The molecule has 1 N–H and O–H groups in total. The average molecular weight is 336 g/mol. The number of carbonyl (C=O) groups excluding carboxylic acids is 1. The van der Waals surface area contributed by atoms with Crippen molar-refractivity contribution in [3.05, 3.63) is 42.0 Å². The molecule has 25 heavy (non-hydrogen) atoms. The van der Waals surface area contributed by atoms with Crippen molar-refractivity contribution in [2.45, 2.75) is 36.8 Å². The molecule has 2 saturated carbocycles. The number of methoxy groups -OCH3 is 1. The number of nitrogens with one attached hydrogen (secondary N) is 1. The molecular weight excluding hydrogens is 312 g/mol. The molecule has 5 aliphatic rings. The molecule has 4 nitrogen and oxygen atoms in total. The SMILES string of the molecule is COC(=O)[C@@H]1C[C@@]23C=CCN4CC[C@@]5(c6ccccc6N[C@]15[C@@H]2C)[C@@H]43. The van der Waals surface area contributed by atoms with Crippen LogP contribution in [-0.2, 0) is 14.9 Å². The number of anilines is 1. The maximum absolute atomic E-state index is 12.9. The van der Waals surface area contributed by atoms with Crippen LogP contribution in [0.1, 0.15) is 25.3 Å². The van der Waals surface area contributed by atoms with Crippen LogP contribution >= 0.6 is 0 Å². The average Bonchev–Trinajstić information content (AvgIpc) is 3.29. The molecule has 0 unspecified atom stereocenters. The topological polar surface area (TPSA) is 41.6 Å². The Morgan fingerprint density at radius 3 is 3.04 bits per heavy atom. The van der Waals surface area contributed by atoms with Crippen molar-refractivity contribution in [2.24, 2.45) is 17.3 Å². The van der Waals surface area contributed by atoms with Gasteiger partial charge in [-0.1, -0.05) is 37.3 Å². The number of esters is 1. The number of ether oxygens (including phenoxy) is 1. The second kappa shape index (κ2) is 4.12. The minimum Gasteiger partial charge on any atom is -0.469 e. The molecule has 1 aromatic carbocycles. The first-order chi connectivity index (χ1) is 12.1. The number of para-hydroxylation sites is 1. The van der Waals surface area contributed by atoms with Gasteiger partial charge >= 0.3 is 5.97 Å². The van der Waals surface area contributed by atoms with Crippen LogP contribution < -0.4 is 5.32 Å². The summed E-state index contributed by atoms with van der Waals surface area (Å²) >= 11 is 0. The molecule has 130 valence electrons. The van der Waals surface area contributed by atoms with E-state index in [1.807, 2.05) is 0 Å². The fourth-order valence-corrected chi connectivity index (χ4v) is 7.93. The molecule has 3 fully saturated rings. The second-order valence-electron chi connectivity index (χ2n) is 8.67. The number of hydrogen-bond donors (Lipinski definition) is 1. The molecule has 1 aromatic rings. The highest BCUT2D eigenvalue weighted by Crippen LogP contribution is 2.78. The van der Waals surface area contributed by atoms with Gasteiger partial charge in [0.1, 0.15) is 0 Å². The van der Waals surface area contributed by atoms with E-state index < -0.39 is 0 Å². The third-order valence-electron chi connectivity index (χ3n) is 8.47. The minimum atomic E-state index is -0.224. The number of benzene rings is 1. The fraction of sp³-hybridized carbons (Fsp3) is 0.571. The highest BCUT2D eigenvalue weighted by atomic mass is 16.5. The van der Waals surface area contributed by atoms with Gasteiger partial charge in [0.05, 0.1) is 18.6 Å². The summed E-state index contributed by atoms with van der Waals surface area (Å²) in [6.45, 7) is 4.53. The van der Waals surface area contributed by atoms with Crippen molar-refractivity contribution in [3.8, 4) is 0 Å². The molecule has 2 aliphatic carbocycles. The largest absolute Gasteiger partial charge is 0.469 e. The van der Waals surface area contributed by atoms with Crippen LogP contribution in [0.3, 0.4) is 0 Å². The van der Waals surface area contributed by atoms with E-state index >= 15 is 0 Å². The Labute approximate surface area is 148 Å². The Kier molecular flexibility index (Phi) is 2.37. The lowest BCUT2D eigenvalue weighted by Gasteiger charge is -2.50. The van der Waals surface area contributed by atoms with Crippen LogP contribution in [0.2, 0.25) is 0 Å². The third kappa shape index (κ3) is 1.19. The number of nitrogens with zero attached hydrogens (tertiary/aromatic N) is 1. The third-order valence-corrected chi connectivity index (χ3v) is 8.47. The molecule has 0 aromatic heterocycles. The van der Waals surface area contributed by atoms with E-state index in [0.717, 1.165) is 25.9 Å². The summed E-state index contributed by atoms with van der Waals surface area (Å²) in [7, 11) is 1.54. The maximum atomic E-state index is 12.9. The fourth-order valence-electron chi connectivity index (χ4n) is 7.93. The zero-order chi connectivity index (χ0) is 17.0. The summed E-state index contributed by atoms with van der Waals surface area (Å²) in [5.74, 6) is 0.277. The smallest absolute Gasteiger partial charge is 0.311 e. The number of rotatable bonds is 1. The first kappa shape index (κ1) is 14.4. The van der Waals surface area contributed by atoms with E-state index in [4.69, 9.17) is 4.74 Å². The van der Waals surface area contributed by atoms with E-state index in [2.05, 4.69) is 53.6 Å². The zero-order valence-electron chi connectivity index (χ0n) is 14.8. The van der Waals surface area contributed by atoms with Crippen LogP contribution in [0.25, 0.3) is 0 Å². The zero-order valence-corrected chi connectivity index (χ0v) is 14.8. The lowest BCUT2D eigenvalue weighted by molar-refractivity contribution is -0.149. The molecule has 2 bridgehead atoms. The van der Waals surface area contributed by atoms with Crippen molar-refractivity contribution in [3.63, 3.8) is 0 Å². The maximum Gasteiger partial charge on any atom is 0.311 e. The summed E-state index contributed by atoms with van der Waals surface area (Å²) < 4.78 is 5.30. The van der Waals surface area contributed by atoms with E-state index in [1.165, 1.54) is 18.4 Å². The Balaban J connectivity index is 1.69. The monoisotopic (exact) mass is 336 g/mol. The lowest BCUT2D eigenvalue weighted by Crippen LogP contribution is -2.63. The van der Waals surface area contributed by atoms with Gasteiger partial charge in [-0.15, -0.1) is 0 Å². The Hall–Kier alpha value is -1.81. The molecule has 3 heterocycles. The number of fused-ring (bicyclic) bond motifs is 1. The van der Waals surface area contributed by atoms with Gasteiger partial charge in [-0.05, 0) is 36.9 Å². The van der Waals surface area contributed by atoms with Crippen molar-refractivity contribution >= 4 is 11.7 Å². The molecule has 3 spiro atoms. The predicted molar refractivity (Wildman–Crippen MR) is 95.3 cm³/mol. The predicted octanol–water partition coefficient (Wildman–Crippen LogP) is 2.56. The van der Waals surface area contributed by atoms with Crippen molar-refractivity contribution in [1.29, 1.82) is 0 Å². The minimum absolute atomic E-state index is 0.0187. The number of carbonyl (C=O) groups is 1. The Morgan fingerprint density at radius 2 is 2.20 bits per heavy atom. The molecule has 3 aliphatic heterocycles. The number of hydrogen-bond acceptors (Lipinski definition) is 4. The van der Waals surface area contributed by atoms with Crippen molar-refractivity contribution < 1.29 is 9.53 Å². The molecule has 4 heteroatoms. The van der Waals surface area contributed by atoms with E-state index in [1.54, 1.807) is 0 Å². The van der Waals surface area contributed by atoms with Gasteiger partial charge in [-0.3, -0.25) is 9.69 Å². The molecule has 0 amide bonds. The molecule has 6 rings (SSSR count). The summed E-state index contributed by atoms with van der Waals surface area (Å²) in [6, 6.07) is 9.25. The van der Waals surface area contributed by atoms with E-state index in [-0.39, 0.29) is 28.3 Å². The van der Waals surface area contributed by atoms with Crippen molar-refractivity contribution in [2.75, 3.05) is 25.5 Å². The highest BCUT2D eigenvalue weighted by molar-refractivity contribution is 5.82. The summed E-state index contributed by atoms with van der Waals surface area (Å²) in [4.78, 5) is 15.6. The van der Waals surface area contributed by atoms with Gasteiger partial charge in [0.25, 0.3) is 0 Å². The van der Waals surface area contributed by atoms with Gasteiger partial charge in [-0.2, -0.15) is 0 Å². The summed E-state index contributed by atoms with van der Waals surface area (Å²) in [6.07, 6.45) is 6.83. The summed E-state index contributed by atoms with van der Waals surface area (Å²) in [5, 5.41) is 3.92. The van der Waals surface area contributed by atoms with Gasteiger partial charge in [0.15, 0.2) is 0 Å².